The van der Waals surface area contributed by atoms with Crippen LogP contribution in [0.3, 0.4) is 0 Å². The molecule has 0 radical (unpaired) electrons. The minimum atomic E-state index is -0.572. The third-order valence-electron chi connectivity index (χ3n) is 5.38. The summed E-state index contributed by atoms with van der Waals surface area (Å²) in [6.07, 6.45) is 2.41. The number of halogens is 3. The molecule has 0 atom stereocenters. The number of nitriles is 1. The van der Waals surface area contributed by atoms with Gasteiger partial charge in [-0.05, 0) is 58.9 Å². The van der Waals surface area contributed by atoms with E-state index in [1.54, 1.807) is 12.1 Å². The van der Waals surface area contributed by atoms with Gasteiger partial charge in [0.05, 0.1) is 5.56 Å². The van der Waals surface area contributed by atoms with Gasteiger partial charge < -0.3 is 0 Å². The van der Waals surface area contributed by atoms with Gasteiger partial charge in [-0.1, -0.05) is 37.6 Å². The highest BCUT2D eigenvalue weighted by Gasteiger charge is 2.26. The summed E-state index contributed by atoms with van der Waals surface area (Å²) in [7, 11) is 0. The third-order valence-corrected chi connectivity index (χ3v) is 5.38. The van der Waals surface area contributed by atoms with E-state index in [9.17, 15) is 13.2 Å². The van der Waals surface area contributed by atoms with Gasteiger partial charge in [0.2, 0.25) is 0 Å². The average Bonchev–Trinajstić information content (AvgIpc) is 3.05. The van der Waals surface area contributed by atoms with Crippen LogP contribution >= 0.6 is 0 Å². The lowest BCUT2D eigenvalue weighted by molar-refractivity contribution is 0.543. The SMILES string of the molecule is CCCCc1c(F)cc2c(c1F)Cc1cc(-c3ccc(C#N)c(F)c3)ccc1-2. The molecule has 0 fully saturated rings. The second-order valence-corrected chi connectivity index (χ2v) is 7.14. The molecule has 140 valence electrons. The number of benzene rings is 3. The average molecular weight is 377 g/mol. The number of nitrogens with zero attached hydrogens (tertiary/aromatic N) is 1. The van der Waals surface area contributed by atoms with Gasteiger partial charge in [-0.2, -0.15) is 5.26 Å². The molecular formula is C24H18F3N. The first kappa shape index (κ1) is 18.3. The van der Waals surface area contributed by atoms with Crippen LogP contribution in [0.25, 0.3) is 22.3 Å². The molecule has 4 heteroatoms. The maximum Gasteiger partial charge on any atom is 0.141 e. The van der Waals surface area contributed by atoms with Crippen molar-refractivity contribution in [1.29, 1.82) is 5.26 Å². The number of fused-ring (bicyclic) bond motifs is 3. The minimum absolute atomic E-state index is 0.00512. The summed E-state index contributed by atoms with van der Waals surface area (Å²) in [4.78, 5) is 0. The van der Waals surface area contributed by atoms with Crippen molar-refractivity contribution in [3.05, 3.63) is 82.2 Å². The molecule has 0 aromatic heterocycles. The Morgan fingerprint density at radius 1 is 0.929 bits per heavy atom. The highest BCUT2D eigenvalue weighted by molar-refractivity contribution is 5.81. The second kappa shape index (κ2) is 7.16. The van der Waals surface area contributed by atoms with Gasteiger partial charge in [0, 0.05) is 17.5 Å². The van der Waals surface area contributed by atoms with Crippen molar-refractivity contribution >= 4 is 0 Å². The predicted molar refractivity (Wildman–Crippen MR) is 103 cm³/mol. The molecule has 0 unspecified atom stereocenters. The Morgan fingerprint density at radius 3 is 2.39 bits per heavy atom. The van der Waals surface area contributed by atoms with Gasteiger partial charge in [-0.3, -0.25) is 0 Å². The standard InChI is InChI=1S/C24H18F3N/c1-2-3-4-19-23(26)12-20-18-8-7-14(9-17(18)10-21(20)24(19)27)15-5-6-16(13-28)22(25)11-15/h5-9,11-12H,2-4,10H2,1H3. The molecule has 3 aromatic carbocycles. The van der Waals surface area contributed by atoms with Crippen molar-refractivity contribution < 1.29 is 13.2 Å². The van der Waals surface area contributed by atoms with E-state index >= 15 is 0 Å². The Kier molecular flexibility index (Phi) is 4.68. The van der Waals surface area contributed by atoms with E-state index in [4.69, 9.17) is 5.26 Å². The molecule has 0 saturated heterocycles. The molecule has 4 rings (SSSR count). The lowest BCUT2D eigenvalue weighted by Gasteiger charge is -2.10. The summed E-state index contributed by atoms with van der Waals surface area (Å²) in [5.41, 5.74) is 4.43. The minimum Gasteiger partial charge on any atom is -0.207 e. The Balaban J connectivity index is 1.74. The Hall–Kier alpha value is -3.06. The van der Waals surface area contributed by atoms with Crippen LogP contribution in [0.1, 0.15) is 42.0 Å². The number of rotatable bonds is 4. The lowest BCUT2D eigenvalue weighted by Crippen LogP contribution is -2.00. The summed E-state index contributed by atoms with van der Waals surface area (Å²) in [5.74, 6) is -1.50. The largest absolute Gasteiger partial charge is 0.207 e. The summed E-state index contributed by atoms with van der Waals surface area (Å²) in [5, 5.41) is 8.88. The molecule has 0 N–H and O–H groups in total. The van der Waals surface area contributed by atoms with E-state index in [0.717, 1.165) is 29.5 Å². The summed E-state index contributed by atoms with van der Waals surface area (Å²) in [6.45, 7) is 1.99. The van der Waals surface area contributed by atoms with Gasteiger partial charge in [0.15, 0.2) is 0 Å². The normalized spacial score (nSPS) is 11.8. The number of unbranched alkanes of at least 4 members (excludes halogenated alkanes) is 1. The van der Waals surface area contributed by atoms with E-state index in [1.165, 1.54) is 18.2 Å². The first-order chi connectivity index (χ1) is 13.5. The van der Waals surface area contributed by atoms with Crippen molar-refractivity contribution in [3.8, 4) is 28.3 Å². The molecular weight excluding hydrogens is 359 g/mol. The van der Waals surface area contributed by atoms with Crippen molar-refractivity contribution in [2.24, 2.45) is 0 Å². The van der Waals surface area contributed by atoms with Crippen molar-refractivity contribution in [2.45, 2.75) is 32.6 Å². The molecule has 1 nitrogen and oxygen atoms in total. The quantitative estimate of drug-likeness (QED) is 0.395. The third kappa shape index (κ3) is 2.97. The van der Waals surface area contributed by atoms with E-state index < -0.39 is 17.5 Å². The Morgan fingerprint density at radius 2 is 1.68 bits per heavy atom. The lowest BCUT2D eigenvalue weighted by atomic mass is 9.97. The van der Waals surface area contributed by atoms with E-state index in [2.05, 4.69) is 0 Å². The molecule has 1 aliphatic rings. The highest BCUT2D eigenvalue weighted by atomic mass is 19.1. The fraction of sp³-hybridized carbons (Fsp3) is 0.208. The van der Waals surface area contributed by atoms with Gasteiger partial charge in [0.1, 0.15) is 23.5 Å². The van der Waals surface area contributed by atoms with Crippen LogP contribution in [-0.4, -0.2) is 0 Å². The fourth-order valence-corrected chi connectivity index (χ4v) is 3.86. The first-order valence-electron chi connectivity index (χ1n) is 9.36. The summed E-state index contributed by atoms with van der Waals surface area (Å²) in [6, 6.07) is 13.2. The van der Waals surface area contributed by atoms with Crippen LogP contribution in [0.4, 0.5) is 13.2 Å². The van der Waals surface area contributed by atoms with Crippen LogP contribution < -0.4 is 0 Å². The molecule has 0 aliphatic heterocycles. The first-order valence-corrected chi connectivity index (χ1v) is 9.36. The van der Waals surface area contributed by atoms with Crippen LogP contribution in [0.15, 0.2) is 42.5 Å². The molecule has 28 heavy (non-hydrogen) atoms. The van der Waals surface area contributed by atoms with Crippen LogP contribution in [0.2, 0.25) is 0 Å². The topological polar surface area (TPSA) is 23.8 Å². The Bertz CT molecular complexity index is 1130. The molecule has 0 bridgehead atoms. The predicted octanol–water partition coefficient (Wildman–Crippen LogP) is 6.56. The maximum absolute atomic E-state index is 15.0. The van der Waals surface area contributed by atoms with Crippen LogP contribution in [0.5, 0.6) is 0 Å². The van der Waals surface area contributed by atoms with E-state index in [-0.39, 0.29) is 11.1 Å². The molecule has 0 heterocycles. The molecule has 3 aromatic rings. The zero-order valence-corrected chi connectivity index (χ0v) is 15.5. The van der Waals surface area contributed by atoms with Crippen molar-refractivity contribution in [1.82, 2.24) is 0 Å². The van der Waals surface area contributed by atoms with E-state index in [0.29, 0.717) is 29.5 Å². The van der Waals surface area contributed by atoms with Crippen LogP contribution in [0, 0.1) is 28.8 Å². The summed E-state index contributed by atoms with van der Waals surface area (Å²) < 4.78 is 43.4. The van der Waals surface area contributed by atoms with Gasteiger partial charge in [-0.25, -0.2) is 13.2 Å². The van der Waals surface area contributed by atoms with Gasteiger partial charge in [0.25, 0.3) is 0 Å². The zero-order valence-electron chi connectivity index (χ0n) is 15.5. The number of hydrogen-bond donors (Lipinski definition) is 0. The monoisotopic (exact) mass is 377 g/mol. The Labute approximate surface area is 162 Å². The highest BCUT2D eigenvalue weighted by Crippen LogP contribution is 2.41. The second-order valence-electron chi connectivity index (χ2n) is 7.14. The van der Waals surface area contributed by atoms with Crippen molar-refractivity contribution in [2.75, 3.05) is 0 Å². The van der Waals surface area contributed by atoms with E-state index in [1.807, 2.05) is 25.1 Å². The maximum atomic E-state index is 15.0. The molecule has 0 saturated carbocycles. The summed E-state index contributed by atoms with van der Waals surface area (Å²) >= 11 is 0. The smallest absolute Gasteiger partial charge is 0.141 e. The van der Waals surface area contributed by atoms with Gasteiger partial charge >= 0.3 is 0 Å². The van der Waals surface area contributed by atoms with Crippen molar-refractivity contribution in [3.63, 3.8) is 0 Å². The molecule has 0 amide bonds. The van der Waals surface area contributed by atoms with Crippen LogP contribution in [-0.2, 0) is 12.8 Å². The zero-order chi connectivity index (χ0) is 19.8. The number of hydrogen-bond acceptors (Lipinski definition) is 1. The van der Waals surface area contributed by atoms with Gasteiger partial charge in [-0.15, -0.1) is 0 Å². The molecule has 1 aliphatic carbocycles. The molecule has 0 spiro atoms. The fourth-order valence-electron chi connectivity index (χ4n) is 3.86.